The van der Waals surface area contributed by atoms with Gasteiger partial charge in [0, 0.05) is 29.3 Å². The summed E-state index contributed by atoms with van der Waals surface area (Å²) in [5.41, 5.74) is 9.81. The lowest BCUT2D eigenvalue weighted by Crippen LogP contribution is -2.31. The van der Waals surface area contributed by atoms with E-state index in [4.69, 9.17) is 22.3 Å². The molecule has 4 rings (SSSR count). The minimum Gasteiger partial charge on any atom is -0.384 e. The van der Waals surface area contributed by atoms with E-state index in [1.807, 2.05) is 12.1 Å². The average Bonchev–Trinajstić information content (AvgIpc) is 3.07. The molecule has 0 bridgehead atoms. The molecular formula is C19H23ClN4. The van der Waals surface area contributed by atoms with Crippen molar-refractivity contribution in [3.8, 4) is 0 Å². The van der Waals surface area contributed by atoms with E-state index in [1.165, 1.54) is 43.4 Å². The number of halogens is 1. The largest absolute Gasteiger partial charge is 0.384 e. The molecule has 2 N–H and O–H groups in total. The van der Waals surface area contributed by atoms with Crippen molar-refractivity contribution < 1.29 is 0 Å². The summed E-state index contributed by atoms with van der Waals surface area (Å²) in [4.78, 5) is 11.8. The summed E-state index contributed by atoms with van der Waals surface area (Å²) >= 11 is 5.98. The molecule has 4 nitrogen and oxygen atoms in total. The number of hydrogen-bond acceptors (Lipinski definition) is 4. The number of hydrogen-bond donors (Lipinski definition) is 1. The van der Waals surface area contributed by atoms with Gasteiger partial charge in [0.1, 0.15) is 18.3 Å². The lowest BCUT2D eigenvalue weighted by Gasteiger charge is -2.27. The molecule has 0 radical (unpaired) electrons. The number of benzene rings is 1. The van der Waals surface area contributed by atoms with Gasteiger partial charge in [-0.1, -0.05) is 43.0 Å². The summed E-state index contributed by atoms with van der Waals surface area (Å²) in [5, 5.41) is 0.762. The SMILES string of the molecule is NC1=NCN(Cc2ccc(Cl)cc2)C2=C1CC(C1CCCCC1)=N2. The Kier molecular flexibility index (Phi) is 4.31. The normalized spacial score (nSPS) is 21.6. The van der Waals surface area contributed by atoms with Gasteiger partial charge in [-0.2, -0.15) is 0 Å². The third kappa shape index (κ3) is 3.07. The van der Waals surface area contributed by atoms with Crippen LogP contribution >= 0.6 is 11.6 Å². The third-order valence-electron chi connectivity index (χ3n) is 5.26. The lowest BCUT2D eigenvalue weighted by molar-refractivity contribution is 0.339. The van der Waals surface area contributed by atoms with E-state index in [9.17, 15) is 0 Å². The number of rotatable bonds is 3. The highest BCUT2D eigenvalue weighted by atomic mass is 35.5. The van der Waals surface area contributed by atoms with Crippen molar-refractivity contribution in [2.24, 2.45) is 21.6 Å². The summed E-state index contributed by atoms with van der Waals surface area (Å²) in [7, 11) is 0. The Hall–Kier alpha value is -1.81. The Morgan fingerprint density at radius 3 is 2.62 bits per heavy atom. The molecule has 24 heavy (non-hydrogen) atoms. The Labute approximate surface area is 148 Å². The van der Waals surface area contributed by atoms with Crippen molar-refractivity contribution in [1.82, 2.24) is 4.90 Å². The van der Waals surface area contributed by atoms with E-state index in [1.54, 1.807) is 0 Å². The summed E-state index contributed by atoms with van der Waals surface area (Å²) in [5.74, 6) is 2.35. The monoisotopic (exact) mass is 342 g/mol. The molecule has 1 aliphatic carbocycles. The maximum atomic E-state index is 6.16. The van der Waals surface area contributed by atoms with Crippen molar-refractivity contribution >= 4 is 23.1 Å². The van der Waals surface area contributed by atoms with Gasteiger partial charge < -0.3 is 10.6 Å². The van der Waals surface area contributed by atoms with Gasteiger partial charge in [0.2, 0.25) is 0 Å². The quantitative estimate of drug-likeness (QED) is 0.898. The lowest BCUT2D eigenvalue weighted by atomic mass is 9.84. The molecule has 3 aliphatic rings. The molecule has 0 unspecified atom stereocenters. The molecule has 1 aromatic carbocycles. The van der Waals surface area contributed by atoms with Gasteiger partial charge in [-0.05, 0) is 36.5 Å². The Morgan fingerprint density at radius 2 is 1.88 bits per heavy atom. The fourth-order valence-corrected chi connectivity index (χ4v) is 4.03. The fourth-order valence-electron chi connectivity index (χ4n) is 3.90. The number of nitrogens with two attached hydrogens (primary N) is 1. The second-order valence-electron chi connectivity index (χ2n) is 6.93. The molecule has 0 amide bonds. The van der Waals surface area contributed by atoms with Gasteiger partial charge in [0.15, 0.2) is 0 Å². The molecule has 0 atom stereocenters. The fraction of sp³-hybridized carbons (Fsp3) is 0.474. The summed E-state index contributed by atoms with van der Waals surface area (Å²) in [6, 6.07) is 7.98. The summed E-state index contributed by atoms with van der Waals surface area (Å²) in [6.45, 7) is 1.36. The zero-order valence-electron chi connectivity index (χ0n) is 13.8. The molecule has 5 heteroatoms. The zero-order valence-corrected chi connectivity index (χ0v) is 14.6. The first-order chi connectivity index (χ1) is 11.7. The van der Waals surface area contributed by atoms with Gasteiger partial charge >= 0.3 is 0 Å². The van der Waals surface area contributed by atoms with Crippen molar-refractivity contribution in [3.63, 3.8) is 0 Å². The maximum absolute atomic E-state index is 6.16. The van der Waals surface area contributed by atoms with E-state index in [0.717, 1.165) is 29.4 Å². The molecule has 1 fully saturated rings. The minimum atomic E-state index is 0.578. The third-order valence-corrected chi connectivity index (χ3v) is 5.51. The highest BCUT2D eigenvalue weighted by Gasteiger charge is 2.31. The van der Waals surface area contributed by atoms with E-state index < -0.39 is 0 Å². The van der Waals surface area contributed by atoms with Crippen LogP contribution in [0.4, 0.5) is 0 Å². The molecule has 126 valence electrons. The summed E-state index contributed by atoms with van der Waals surface area (Å²) in [6.07, 6.45) is 7.44. The zero-order chi connectivity index (χ0) is 16.5. The van der Waals surface area contributed by atoms with E-state index in [0.29, 0.717) is 18.4 Å². The first-order valence-electron chi connectivity index (χ1n) is 8.81. The van der Waals surface area contributed by atoms with Crippen LogP contribution in [0.15, 0.2) is 45.6 Å². The molecule has 1 aromatic rings. The van der Waals surface area contributed by atoms with E-state index in [2.05, 4.69) is 22.0 Å². The number of aliphatic imine (C=N–C) groups is 2. The topological polar surface area (TPSA) is 54.0 Å². The molecule has 1 saturated carbocycles. The minimum absolute atomic E-state index is 0.578. The van der Waals surface area contributed by atoms with Crippen molar-refractivity contribution in [2.45, 2.75) is 45.1 Å². The van der Waals surface area contributed by atoms with Crippen molar-refractivity contribution in [1.29, 1.82) is 0 Å². The second kappa shape index (κ2) is 6.60. The standard InChI is InChI=1S/C19H23ClN4/c20-15-8-6-13(7-9-15)11-24-12-22-18(21)16-10-17(23-19(16)24)14-4-2-1-3-5-14/h6-9,14H,1-5,10-12H2,(H2,21,22). The highest BCUT2D eigenvalue weighted by Crippen LogP contribution is 2.34. The molecule has 0 saturated heterocycles. The van der Waals surface area contributed by atoms with Gasteiger partial charge in [0.25, 0.3) is 0 Å². The van der Waals surface area contributed by atoms with Crippen molar-refractivity contribution in [3.05, 3.63) is 46.2 Å². The molecule has 2 heterocycles. The first-order valence-corrected chi connectivity index (χ1v) is 9.19. The smallest absolute Gasteiger partial charge is 0.137 e. The van der Waals surface area contributed by atoms with Crippen LogP contribution < -0.4 is 5.73 Å². The Balaban J connectivity index is 1.55. The highest BCUT2D eigenvalue weighted by molar-refractivity contribution is 6.30. The predicted molar refractivity (Wildman–Crippen MR) is 99.1 cm³/mol. The van der Waals surface area contributed by atoms with Crippen LogP contribution in [0, 0.1) is 5.92 Å². The second-order valence-corrected chi connectivity index (χ2v) is 7.36. The first kappa shape index (κ1) is 15.7. The van der Waals surface area contributed by atoms with E-state index in [-0.39, 0.29) is 0 Å². The summed E-state index contributed by atoms with van der Waals surface area (Å²) < 4.78 is 0. The molecule has 0 aromatic heterocycles. The van der Waals surface area contributed by atoms with E-state index >= 15 is 0 Å². The molecule has 0 spiro atoms. The van der Waals surface area contributed by atoms with Crippen LogP contribution in [0.1, 0.15) is 44.1 Å². The predicted octanol–water partition coefficient (Wildman–Crippen LogP) is 4.11. The average molecular weight is 343 g/mol. The van der Waals surface area contributed by atoms with Crippen LogP contribution in [-0.2, 0) is 6.54 Å². The van der Waals surface area contributed by atoms with Gasteiger partial charge in [-0.25, -0.2) is 9.98 Å². The van der Waals surface area contributed by atoms with Gasteiger partial charge in [-0.15, -0.1) is 0 Å². The molecular weight excluding hydrogens is 320 g/mol. The number of nitrogens with zero attached hydrogens (tertiary/aromatic N) is 3. The van der Waals surface area contributed by atoms with Crippen LogP contribution in [0.3, 0.4) is 0 Å². The van der Waals surface area contributed by atoms with Crippen LogP contribution in [-0.4, -0.2) is 23.1 Å². The Morgan fingerprint density at radius 1 is 1.12 bits per heavy atom. The van der Waals surface area contributed by atoms with Crippen molar-refractivity contribution in [2.75, 3.05) is 6.67 Å². The Bertz CT molecular complexity index is 711. The van der Waals surface area contributed by atoms with Crippen LogP contribution in [0.25, 0.3) is 0 Å². The molecule has 2 aliphatic heterocycles. The number of amidine groups is 1. The van der Waals surface area contributed by atoms with Crippen LogP contribution in [0.2, 0.25) is 5.02 Å². The van der Waals surface area contributed by atoms with Gasteiger partial charge in [0.05, 0.1) is 0 Å². The van der Waals surface area contributed by atoms with Crippen LogP contribution in [0.5, 0.6) is 0 Å². The van der Waals surface area contributed by atoms with Gasteiger partial charge in [-0.3, -0.25) is 0 Å². The maximum Gasteiger partial charge on any atom is 0.137 e.